The molecule has 0 N–H and O–H groups in total. The summed E-state index contributed by atoms with van der Waals surface area (Å²) in [4.78, 5) is 27.6. The molecular weight excluding hydrogens is 373 g/mol. The van der Waals surface area contributed by atoms with E-state index in [1.165, 1.54) is 30.0 Å². The molecule has 1 amide bonds. The number of anilines is 1. The van der Waals surface area contributed by atoms with Gasteiger partial charge in [0.1, 0.15) is 5.82 Å². The minimum atomic E-state index is -0.404. The van der Waals surface area contributed by atoms with Gasteiger partial charge in [-0.2, -0.15) is 9.78 Å². The quantitative estimate of drug-likeness (QED) is 0.685. The lowest BCUT2D eigenvalue weighted by molar-refractivity contribution is 0.0965. The van der Waals surface area contributed by atoms with Gasteiger partial charge in [0.05, 0.1) is 18.9 Å². The van der Waals surface area contributed by atoms with Crippen LogP contribution in [-0.2, 0) is 6.42 Å². The predicted molar refractivity (Wildman–Crippen MR) is 107 cm³/mol. The number of para-hydroxylation sites is 1. The van der Waals surface area contributed by atoms with Crippen LogP contribution in [-0.4, -0.2) is 28.8 Å². The zero-order valence-electron chi connectivity index (χ0n) is 16.1. The summed E-state index contributed by atoms with van der Waals surface area (Å²) in [5, 5.41) is 4.33. The number of methoxy groups -OCH3 is 1. The smallest absolute Gasteiger partial charge is 0.282 e. The van der Waals surface area contributed by atoms with Crippen molar-refractivity contribution in [2.24, 2.45) is 0 Å². The minimum absolute atomic E-state index is 0.0278. The largest absolute Gasteiger partial charge is 0.494 e. The number of aromatic nitrogens is 2. The van der Waals surface area contributed by atoms with Gasteiger partial charge in [-0.1, -0.05) is 18.2 Å². The second-order valence-corrected chi connectivity index (χ2v) is 6.98. The third-order valence-electron chi connectivity index (χ3n) is 5.11. The summed E-state index contributed by atoms with van der Waals surface area (Å²) in [6, 6.07) is 14.4. The Kier molecular flexibility index (Phi) is 4.88. The monoisotopic (exact) mass is 393 g/mol. The fourth-order valence-corrected chi connectivity index (χ4v) is 3.64. The summed E-state index contributed by atoms with van der Waals surface area (Å²) in [5.41, 5.74) is 1.59. The number of hydrogen-bond acceptors (Lipinski definition) is 4. The number of hydrogen-bond donors (Lipinski definition) is 0. The molecule has 7 heteroatoms. The highest BCUT2D eigenvalue weighted by molar-refractivity contribution is 6.07. The highest BCUT2D eigenvalue weighted by Crippen LogP contribution is 2.33. The van der Waals surface area contributed by atoms with Gasteiger partial charge in [-0.15, -0.1) is 0 Å². The Morgan fingerprint density at radius 2 is 1.93 bits per heavy atom. The lowest BCUT2D eigenvalue weighted by Gasteiger charge is -2.35. The highest BCUT2D eigenvalue weighted by Gasteiger charge is 2.32. The second kappa shape index (κ2) is 7.50. The van der Waals surface area contributed by atoms with Crippen molar-refractivity contribution in [1.82, 2.24) is 9.78 Å². The first-order valence-electron chi connectivity index (χ1n) is 9.35. The molecule has 6 nitrogen and oxygen atoms in total. The van der Waals surface area contributed by atoms with E-state index in [1.54, 1.807) is 35.2 Å². The topological polar surface area (TPSA) is 64.4 Å². The van der Waals surface area contributed by atoms with Gasteiger partial charge in [0.2, 0.25) is 0 Å². The SMILES string of the molecule is COc1cc(=O)n(-c2ccccc2)nc1C(=O)N1c2ccc(F)cc2CC[C@H]1C. The first-order valence-corrected chi connectivity index (χ1v) is 9.35. The summed E-state index contributed by atoms with van der Waals surface area (Å²) >= 11 is 0. The van der Waals surface area contributed by atoms with Gasteiger partial charge in [-0.25, -0.2) is 4.39 Å². The third kappa shape index (κ3) is 3.40. The molecule has 0 fully saturated rings. The number of carbonyl (C=O) groups is 1. The number of rotatable bonds is 3. The van der Waals surface area contributed by atoms with Gasteiger partial charge in [0.15, 0.2) is 11.4 Å². The molecule has 1 aliphatic heterocycles. The first-order chi connectivity index (χ1) is 14.0. The number of ether oxygens (including phenoxy) is 1. The van der Waals surface area contributed by atoms with Crippen LogP contribution in [0.3, 0.4) is 0 Å². The average Bonchev–Trinajstić information content (AvgIpc) is 2.73. The summed E-state index contributed by atoms with van der Waals surface area (Å²) in [5.74, 6) is -0.626. The van der Waals surface area contributed by atoms with E-state index in [0.717, 1.165) is 5.56 Å². The minimum Gasteiger partial charge on any atom is -0.494 e. The van der Waals surface area contributed by atoms with E-state index in [9.17, 15) is 14.0 Å². The Morgan fingerprint density at radius 3 is 2.66 bits per heavy atom. The van der Waals surface area contributed by atoms with E-state index < -0.39 is 11.5 Å². The summed E-state index contributed by atoms with van der Waals surface area (Å²) in [6.45, 7) is 1.93. The molecule has 4 rings (SSSR count). The Morgan fingerprint density at radius 1 is 1.17 bits per heavy atom. The molecule has 0 saturated heterocycles. The molecule has 0 radical (unpaired) electrons. The number of carbonyl (C=O) groups excluding carboxylic acids is 1. The van der Waals surface area contributed by atoms with Crippen molar-refractivity contribution >= 4 is 11.6 Å². The van der Waals surface area contributed by atoms with Crippen molar-refractivity contribution in [3.8, 4) is 11.4 Å². The van der Waals surface area contributed by atoms with E-state index in [2.05, 4.69) is 5.10 Å². The highest BCUT2D eigenvalue weighted by atomic mass is 19.1. The van der Waals surface area contributed by atoms with Gasteiger partial charge >= 0.3 is 0 Å². The van der Waals surface area contributed by atoms with Gasteiger partial charge < -0.3 is 9.64 Å². The van der Waals surface area contributed by atoms with Crippen LogP contribution < -0.4 is 15.2 Å². The summed E-state index contributed by atoms with van der Waals surface area (Å²) < 4.78 is 20.1. The van der Waals surface area contributed by atoms with Crippen LogP contribution >= 0.6 is 0 Å². The van der Waals surface area contributed by atoms with Gasteiger partial charge in [-0.05, 0) is 55.7 Å². The van der Waals surface area contributed by atoms with E-state index in [-0.39, 0.29) is 23.3 Å². The molecule has 0 spiro atoms. The van der Waals surface area contributed by atoms with Crippen molar-refractivity contribution in [2.45, 2.75) is 25.8 Å². The van der Waals surface area contributed by atoms with Crippen LogP contribution in [0.15, 0.2) is 59.4 Å². The molecule has 0 bridgehead atoms. The van der Waals surface area contributed by atoms with E-state index in [0.29, 0.717) is 24.2 Å². The van der Waals surface area contributed by atoms with Crippen LogP contribution in [0, 0.1) is 5.82 Å². The number of halogens is 1. The Balaban J connectivity index is 1.84. The molecule has 2 heterocycles. The molecule has 1 aromatic heterocycles. The van der Waals surface area contributed by atoms with Crippen LogP contribution in [0.25, 0.3) is 5.69 Å². The van der Waals surface area contributed by atoms with Crippen molar-refractivity contribution in [3.05, 3.63) is 82.0 Å². The maximum Gasteiger partial charge on any atom is 0.282 e. The normalized spacial score (nSPS) is 15.7. The van der Waals surface area contributed by atoms with Crippen molar-refractivity contribution in [3.63, 3.8) is 0 Å². The number of amides is 1. The third-order valence-corrected chi connectivity index (χ3v) is 5.11. The molecule has 148 valence electrons. The van der Waals surface area contributed by atoms with E-state index in [1.807, 2.05) is 13.0 Å². The summed E-state index contributed by atoms with van der Waals surface area (Å²) in [7, 11) is 1.39. The van der Waals surface area contributed by atoms with Crippen molar-refractivity contribution < 1.29 is 13.9 Å². The molecule has 1 aliphatic rings. The van der Waals surface area contributed by atoms with Gasteiger partial charge in [0, 0.05) is 11.7 Å². The maximum absolute atomic E-state index is 13.7. The predicted octanol–water partition coefficient (Wildman–Crippen LogP) is 3.36. The average molecular weight is 393 g/mol. The first kappa shape index (κ1) is 18.9. The zero-order chi connectivity index (χ0) is 20.5. The number of fused-ring (bicyclic) bond motifs is 1. The Labute approximate surface area is 167 Å². The molecular formula is C22H20FN3O3. The van der Waals surface area contributed by atoms with Crippen molar-refractivity contribution in [2.75, 3.05) is 12.0 Å². The standard InChI is InChI=1S/C22H20FN3O3/c1-14-8-9-15-12-16(23)10-11-18(15)25(14)22(28)21-19(29-2)13-20(27)26(24-21)17-6-4-3-5-7-17/h3-7,10-14H,8-9H2,1-2H3/t14-/m1/s1. The zero-order valence-corrected chi connectivity index (χ0v) is 16.1. The number of nitrogens with zero attached hydrogens (tertiary/aromatic N) is 3. The Hall–Kier alpha value is -3.48. The molecule has 0 aliphatic carbocycles. The lowest BCUT2D eigenvalue weighted by Crippen LogP contribution is -2.43. The summed E-state index contributed by atoms with van der Waals surface area (Å²) in [6.07, 6.45) is 1.38. The molecule has 29 heavy (non-hydrogen) atoms. The molecule has 1 atom stereocenters. The molecule has 3 aromatic rings. The van der Waals surface area contributed by atoms with Crippen LogP contribution in [0.1, 0.15) is 29.4 Å². The van der Waals surface area contributed by atoms with Crippen LogP contribution in [0.2, 0.25) is 0 Å². The molecule has 0 unspecified atom stereocenters. The van der Waals surface area contributed by atoms with Gasteiger partial charge in [-0.3, -0.25) is 9.59 Å². The van der Waals surface area contributed by atoms with Crippen LogP contribution in [0.5, 0.6) is 5.75 Å². The Bertz CT molecular complexity index is 1130. The maximum atomic E-state index is 13.7. The fourth-order valence-electron chi connectivity index (χ4n) is 3.64. The van der Waals surface area contributed by atoms with Gasteiger partial charge in [0.25, 0.3) is 11.5 Å². The van der Waals surface area contributed by atoms with E-state index in [4.69, 9.17) is 4.74 Å². The second-order valence-electron chi connectivity index (χ2n) is 6.98. The van der Waals surface area contributed by atoms with Crippen molar-refractivity contribution in [1.29, 1.82) is 0 Å². The fraction of sp³-hybridized carbons (Fsp3) is 0.227. The van der Waals surface area contributed by atoms with Crippen LogP contribution in [0.4, 0.5) is 10.1 Å². The number of benzene rings is 2. The number of aryl methyl sites for hydroxylation is 1. The molecule has 0 saturated carbocycles. The van der Waals surface area contributed by atoms with E-state index >= 15 is 0 Å². The molecule has 2 aromatic carbocycles. The lowest BCUT2D eigenvalue weighted by atomic mass is 9.96.